The zero-order chi connectivity index (χ0) is 18.7. The first-order chi connectivity index (χ1) is 12.5. The van der Waals surface area contributed by atoms with Crippen LogP contribution in [0.2, 0.25) is 5.02 Å². The van der Waals surface area contributed by atoms with Crippen LogP contribution in [-0.4, -0.2) is 43.3 Å². The van der Waals surface area contributed by atoms with Gasteiger partial charge in [0.2, 0.25) is 10.0 Å². The Balaban J connectivity index is 2.01. The molecule has 7 nitrogen and oxygen atoms in total. The highest BCUT2D eigenvalue weighted by Crippen LogP contribution is 2.37. The summed E-state index contributed by atoms with van der Waals surface area (Å²) in [5.41, 5.74) is 0.809. The molecule has 1 aromatic carbocycles. The lowest BCUT2D eigenvalue weighted by molar-refractivity contribution is 0.382. The molecule has 1 aliphatic heterocycles. The molecule has 1 aromatic heterocycles. The molecule has 1 aliphatic rings. The SMILES string of the molecule is CNCc1cc(NC)nc([C@H]2CCCN2S(=O)(=O)c2ccccc2Cl)n1. The Bertz CT molecular complexity index is 890. The number of rotatable bonds is 6. The van der Waals surface area contributed by atoms with Gasteiger partial charge in [-0.1, -0.05) is 23.7 Å². The Morgan fingerprint density at radius 3 is 2.73 bits per heavy atom. The fraction of sp³-hybridized carbons (Fsp3) is 0.412. The predicted octanol–water partition coefficient (Wildman–Crippen LogP) is 2.42. The van der Waals surface area contributed by atoms with Gasteiger partial charge in [-0.3, -0.25) is 0 Å². The maximum absolute atomic E-state index is 13.2. The minimum atomic E-state index is -3.73. The summed E-state index contributed by atoms with van der Waals surface area (Å²) in [5, 5.41) is 6.30. The zero-order valence-corrected chi connectivity index (χ0v) is 16.3. The second kappa shape index (κ2) is 7.87. The maximum atomic E-state index is 13.2. The van der Waals surface area contributed by atoms with Crippen molar-refractivity contribution in [3.63, 3.8) is 0 Å². The molecule has 26 heavy (non-hydrogen) atoms. The summed E-state index contributed by atoms with van der Waals surface area (Å²) in [5.74, 6) is 1.18. The van der Waals surface area contributed by atoms with Crippen molar-refractivity contribution in [2.45, 2.75) is 30.3 Å². The second-order valence-electron chi connectivity index (χ2n) is 6.09. The Hall–Kier alpha value is -1.74. The van der Waals surface area contributed by atoms with Crippen molar-refractivity contribution < 1.29 is 8.42 Å². The third kappa shape index (κ3) is 3.68. The van der Waals surface area contributed by atoms with E-state index in [-0.39, 0.29) is 9.92 Å². The van der Waals surface area contributed by atoms with Gasteiger partial charge in [-0.25, -0.2) is 18.4 Å². The fourth-order valence-corrected chi connectivity index (χ4v) is 5.28. The topological polar surface area (TPSA) is 87.2 Å². The van der Waals surface area contributed by atoms with Crippen LogP contribution in [0.4, 0.5) is 5.82 Å². The molecular weight excluding hydrogens is 374 g/mol. The highest BCUT2D eigenvalue weighted by molar-refractivity contribution is 7.89. The van der Waals surface area contributed by atoms with Crippen LogP contribution in [0.25, 0.3) is 0 Å². The lowest BCUT2D eigenvalue weighted by atomic mass is 10.2. The number of hydrogen-bond acceptors (Lipinski definition) is 6. The molecule has 0 amide bonds. The van der Waals surface area contributed by atoms with Crippen LogP contribution in [0.15, 0.2) is 35.2 Å². The first-order valence-electron chi connectivity index (χ1n) is 8.44. The van der Waals surface area contributed by atoms with E-state index in [2.05, 4.69) is 20.6 Å². The van der Waals surface area contributed by atoms with E-state index in [1.54, 1.807) is 25.2 Å². The van der Waals surface area contributed by atoms with Crippen molar-refractivity contribution in [3.05, 3.63) is 46.9 Å². The number of sulfonamides is 1. The van der Waals surface area contributed by atoms with Gasteiger partial charge in [0.15, 0.2) is 0 Å². The van der Waals surface area contributed by atoms with Crippen LogP contribution >= 0.6 is 11.6 Å². The first kappa shape index (κ1) is 19.0. The Labute approximate surface area is 158 Å². The molecule has 2 heterocycles. The van der Waals surface area contributed by atoms with E-state index < -0.39 is 16.1 Å². The summed E-state index contributed by atoms with van der Waals surface area (Å²) < 4.78 is 27.8. The third-order valence-corrected chi connectivity index (χ3v) is 6.74. The molecule has 0 radical (unpaired) electrons. The van der Waals surface area contributed by atoms with Gasteiger partial charge in [-0.15, -0.1) is 0 Å². The average Bonchev–Trinajstić information content (AvgIpc) is 3.12. The molecular formula is C17H22ClN5O2S. The van der Waals surface area contributed by atoms with Crippen LogP contribution in [-0.2, 0) is 16.6 Å². The molecule has 0 bridgehead atoms. The van der Waals surface area contributed by atoms with E-state index in [9.17, 15) is 8.42 Å². The number of halogens is 1. The summed E-state index contributed by atoms with van der Waals surface area (Å²) in [7, 11) is -0.108. The van der Waals surface area contributed by atoms with E-state index >= 15 is 0 Å². The van der Waals surface area contributed by atoms with Crippen molar-refractivity contribution in [3.8, 4) is 0 Å². The summed E-state index contributed by atoms with van der Waals surface area (Å²) >= 11 is 6.14. The number of anilines is 1. The smallest absolute Gasteiger partial charge is 0.245 e. The van der Waals surface area contributed by atoms with Crippen LogP contribution in [0.3, 0.4) is 0 Å². The maximum Gasteiger partial charge on any atom is 0.245 e. The van der Waals surface area contributed by atoms with E-state index in [4.69, 9.17) is 11.6 Å². The number of nitrogens with zero attached hydrogens (tertiary/aromatic N) is 3. The molecule has 1 fully saturated rings. The Kier molecular flexibility index (Phi) is 5.76. The van der Waals surface area contributed by atoms with E-state index in [0.717, 1.165) is 12.1 Å². The zero-order valence-electron chi connectivity index (χ0n) is 14.7. The summed E-state index contributed by atoms with van der Waals surface area (Å²) in [4.78, 5) is 9.21. The van der Waals surface area contributed by atoms with Crippen molar-refractivity contribution >= 4 is 27.4 Å². The van der Waals surface area contributed by atoms with Gasteiger partial charge in [-0.05, 0) is 32.0 Å². The molecule has 0 unspecified atom stereocenters. The number of benzene rings is 1. The molecule has 0 saturated carbocycles. The Morgan fingerprint density at radius 2 is 2.04 bits per heavy atom. The largest absolute Gasteiger partial charge is 0.373 e. The molecule has 0 spiro atoms. The van der Waals surface area contributed by atoms with Gasteiger partial charge in [-0.2, -0.15) is 4.31 Å². The number of hydrogen-bond donors (Lipinski definition) is 2. The van der Waals surface area contributed by atoms with Crippen molar-refractivity contribution in [2.75, 3.05) is 26.0 Å². The third-order valence-electron chi connectivity index (χ3n) is 4.34. The van der Waals surface area contributed by atoms with Crippen molar-refractivity contribution in [1.29, 1.82) is 0 Å². The molecule has 2 aromatic rings. The molecule has 140 valence electrons. The number of nitrogens with one attached hydrogen (secondary N) is 2. The predicted molar refractivity (Wildman–Crippen MR) is 102 cm³/mol. The summed E-state index contributed by atoms with van der Waals surface area (Å²) in [6, 6.07) is 7.95. The highest BCUT2D eigenvalue weighted by Gasteiger charge is 2.38. The minimum absolute atomic E-state index is 0.119. The molecule has 0 aliphatic carbocycles. The molecule has 2 N–H and O–H groups in total. The molecule has 3 rings (SSSR count). The van der Waals surface area contributed by atoms with Gasteiger partial charge in [0.25, 0.3) is 0 Å². The fourth-order valence-electron chi connectivity index (χ4n) is 3.13. The molecule has 1 atom stereocenters. The van der Waals surface area contributed by atoms with Crippen LogP contribution in [0.5, 0.6) is 0 Å². The minimum Gasteiger partial charge on any atom is -0.373 e. The second-order valence-corrected chi connectivity index (χ2v) is 8.35. The van der Waals surface area contributed by atoms with Crippen molar-refractivity contribution in [2.24, 2.45) is 0 Å². The first-order valence-corrected chi connectivity index (χ1v) is 10.3. The highest BCUT2D eigenvalue weighted by atomic mass is 35.5. The normalized spacial score (nSPS) is 18.2. The lowest BCUT2D eigenvalue weighted by Crippen LogP contribution is -2.32. The van der Waals surface area contributed by atoms with Gasteiger partial charge < -0.3 is 10.6 Å². The van der Waals surface area contributed by atoms with Gasteiger partial charge in [0, 0.05) is 26.2 Å². The van der Waals surface area contributed by atoms with Gasteiger partial charge in [0.05, 0.1) is 16.8 Å². The van der Waals surface area contributed by atoms with Gasteiger partial charge in [0.1, 0.15) is 16.5 Å². The van der Waals surface area contributed by atoms with Crippen LogP contribution in [0, 0.1) is 0 Å². The number of aromatic nitrogens is 2. The van der Waals surface area contributed by atoms with E-state index in [1.807, 2.05) is 13.1 Å². The monoisotopic (exact) mass is 395 g/mol. The lowest BCUT2D eigenvalue weighted by Gasteiger charge is -2.24. The van der Waals surface area contributed by atoms with Crippen LogP contribution < -0.4 is 10.6 Å². The Morgan fingerprint density at radius 1 is 1.27 bits per heavy atom. The summed E-state index contributed by atoms with van der Waals surface area (Å²) in [6.45, 7) is 1.00. The quantitative estimate of drug-likeness (QED) is 0.781. The van der Waals surface area contributed by atoms with E-state index in [0.29, 0.717) is 31.2 Å². The molecule has 9 heteroatoms. The van der Waals surface area contributed by atoms with E-state index in [1.165, 1.54) is 10.4 Å². The summed E-state index contributed by atoms with van der Waals surface area (Å²) in [6.07, 6.45) is 1.43. The molecule has 1 saturated heterocycles. The standard InChI is InChI=1S/C17H22ClN5O2S/c1-19-11-12-10-16(20-2)22-17(21-12)14-7-5-9-23(14)26(24,25)15-8-4-3-6-13(15)18/h3-4,6,8,10,14,19H,5,7,9,11H2,1-2H3,(H,20,21,22)/t14-/m1/s1. The van der Waals surface area contributed by atoms with Crippen molar-refractivity contribution in [1.82, 2.24) is 19.6 Å². The van der Waals surface area contributed by atoms with Gasteiger partial charge >= 0.3 is 0 Å². The van der Waals surface area contributed by atoms with Crippen LogP contribution in [0.1, 0.15) is 30.4 Å². The average molecular weight is 396 g/mol.